The molecule has 0 aliphatic carbocycles. The molecule has 0 bridgehead atoms. The number of nitrogens with zero attached hydrogens (tertiary/aromatic N) is 2. The van der Waals surface area contributed by atoms with Crippen molar-refractivity contribution in [3.63, 3.8) is 0 Å². The van der Waals surface area contributed by atoms with Crippen LogP contribution in [0.4, 0.5) is 14.5 Å². The maximum Gasteiger partial charge on any atom is 0.262 e. The Labute approximate surface area is 136 Å². The summed E-state index contributed by atoms with van der Waals surface area (Å²) in [5.41, 5.74) is 0.250. The summed E-state index contributed by atoms with van der Waals surface area (Å²) in [6, 6.07) is 8.22. The van der Waals surface area contributed by atoms with E-state index in [0.29, 0.717) is 0 Å². The number of imidazole rings is 1. The number of methoxy groups -OCH3 is 1. The third-order valence-corrected chi connectivity index (χ3v) is 3.41. The third kappa shape index (κ3) is 2.96. The average molecular weight is 329 g/mol. The van der Waals surface area contributed by atoms with E-state index in [1.165, 1.54) is 48.5 Å². The molecule has 1 heterocycles. The van der Waals surface area contributed by atoms with Crippen molar-refractivity contribution in [2.24, 2.45) is 0 Å². The maximum absolute atomic E-state index is 14.2. The first-order valence-electron chi connectivity index (χ1n) is 7.02. The van der Waals surface area contributed by atoms with Crippen molar-refractivity contribution >= 4 is 11.6 Å². The number of hydrogen-bond donors (Lipinski definition) is 1. The molecule has 0 radical (unpaired) electrons. The van der Waals surface area contributed by atoms with Crippen LogP contribution in [0.3, 0.4) is 0 Å². The van der Waals surface area contributed by atoms with Crippen molar-refractivity contribution in [1.29, 1.82) is 0 Å². The molecule has 1 aromatic heterocycles. The fraction of sp³-hybridized carbons (Fsp3) is 0.0588. The van der Waals surface area contributed by atoms with Crippen LogP contribution < -0.4 is 10.1 Å². The molecule has 0 saturated carbocycles. The third-order valence-electron chi connectivity index (χ3n) is 3.41. The lowest BCUT2D eigenvalue weighted by atomic mass is 10.1. The second-order valence-corrected chi connectivity index (χ2v) is 4.91. The summed E-state index contributed by atoms with van der Waals surface area (Å²) in [5.74, 6) is -1.89. The van der Waals surface area contributed by atoms with Gasteiger partial charge in [0.1, 0.15) is 22.9 Å². The number of aromatic nitrogens is 2. The van der Waals surface area contributed by atoms with E-state index in [1.807, 2.05) is 0 Å². The van der Waals surface area contributed by atoms with Crippen LogP contribution in [0.15, 0.2) is 55.1 Å². The topological polar surface area (TPSA) is 56.1 Å². The number of hydrogen-bond acceptors (Lipinski definition) is 3. The number of nitrogens with one attached hydrogen (secondary N) is 1. The van der Waals surface area contributed by atoms with Gasteiger partial charge in [0.05, 0.1) is 19.1 Å². The van der Waals surface area contributed by atoms with Gasteiger partial charge in [-0.2, -0.15) is 0 Å². The lowest BCUT2D eigenvalue weighted by molar-refractivity contribution is 0.102. The molecule has 0 unspecified atom stereocenters. The Morgan fingerprint density at radius 3 is 2.71 bits per heavy atom. The van der Waals surface area contributed by atoms with Crippen molar-refractivity contribution in [2.75, 3.05) is 12.4 Å². The molecular weight excluding hydrogens is 316 g/mol. The number of carbonyl (C=O) groups excluding carboxylic acids is 1. The van der Waals surface area contributed by atoms with Crippen molar-refractivity contribution in [3.8, 4) is 11.4 Å². The highest BCUT2D eigenvalue weighted by Crippen LogP contribution is 2.24. The zero-order chi connectivity index (χ0) is 17.1. The maximum atomic E-state index is 14.2. The quantitative estimate of drug-likeness (QED) is 0.798. The lowest BCUT2D eigenvalue weighted by Gasteiger charge is -2.11. The van der Waals surface area contributed by atoms with Gasteiger partial charge in [0.15, 0.2) is 0 Å². The Morgan fingerprint density at radius 1 is 1.21 bits per heavy atom. The number of rotatable bonds is 4. The Kier molecular flexibility index (Phi) is 4.24. The number of anilines is 1. The Morgan fingerprint density at radius 2 is 2.04 bits per heavy atom. The minimum Gasteiger partial charge on any atom is -0.496 e. The fourth-order valence-electron chi connectivity index (χ4n) is 2.28. The Balaban J connectivity index is 1.87. The van der Waals surface area contributed by atoms with Crippen molar-refractivity contribution in [2.45, 2.75) is 0 Å². The summed E-state index contributed by atoms with van der Waals surface area (Å²) in [6.45, 7) is 0. The van der Waals surface area contributed by atoms with Gasteiger partial charge in [-0.05, 0) is 30.3 Å². The predicted molar refractivity (Wildman–Crippen MR) is 84.4 cm³/mol. The van der Waals surface area contributed by atoms with E-state index < -0.39 is 17.5 Å². The molecule has 3 rings (SSSR count). The smallest absolute Gasteiger partial charge is 0.262 e. The molecule has 5 nitrogen and oxygen atoms in total. The minimum atomic E-state index is -0.722. The standard InChI is InChI=1S/C17H13F2N3O2/c1-24-15-4-2-3-12(18)16(15)17(23)21-11-5-6-14(13(19)9-11)22-8-7-20-10-22/h2-10H,1H3,(H,21,23). The average Bonchev–Trinajstić information content (AvgIpc) is 3.08. The van der Waals surface area contributed by atoms with Crippen LogP contribution in [0.1, 0.15) is 10.4 Å². The molecule has 1 amide bonds. The molecule has 0 saturated heterocycles. The van der Waals surface area contributed by atoms with Crippen LogP contribution in [0.5, 0.6) is 5.75 Å². The van der Waals surface area contributed by atoms with E-state index in [0.717, 1.165) is 12.1 Å². The highest BCUT2D eigenvalue weighted by Gasteiger charge is 2.18. The molecule has 0 spiro atoms. The fourth-order valence-corrected chi connectivity index (χ4v) is 2.28. The predicted octanol–water partition coefficient (Wildman–Crippen LogP) is 3.41. The molecule has 0 aliphatic heterocycles. The van der Waals surface area contributed by atoms with Gasteiger partial charge in [0.25, 0.3) is 5.91 Å². The first kappa shape index (κ1) is 15.7. The summed E-state index contributed by atoms with van der Waals surface area (Å²) in [4.78, 5) is 16.1. The Bertz CT molecular complexity index is 880. The summed E-state index contributed by atoms with van der Waals surface area (Å²) in [5, 5.41) is 2.46. The molecule has 3 aromatic rings. The molecule has 122 valence electrons. The molecule has 1 N–H and O–H groups in total. The van der Waals surface area contributed by atoms with Gasteiger partial charge in [-0.3, -0.25) is 4.79 Å². The van der Waals surface area contributed by atoms with Crippen molar-refractivity contribution < 1.29 is 18.3 Å². The second kappa shape index (κ2) is 6.49. The van der Waals surface area contributed by atoms with Gasteiger partial charge < -0.3 is 14.6 Å². The van der Waals surface area contributed by atoms with Gasteiger partial charge in [-0.25, -0.2) is 13.8 Å². The molecule has 24 heavy (non-hydrogen) atoms. The second-order valence-electron chi connectivity index (χ2n) is 4.91. The number of halogens is 2. The van der Waals surface area contributed by atoms with Gasteiger partial charge in [-0.1, -0.05) is 6.07 Å². The molecule has 0 fully saturated rings. The largest absolute Gasteiger partial charge is 0.496 e. The molecular formula is C17H13F2N3O2. The van der Waals surface area contributed by atoms with E-state index in [2.05, 4.69) is 10.3 Å². The number of amides is 1. The van der Waals surface area contributed by atoms with Crippen molar-refractivity contribution in [1.82, 2.24) is 9.55 Å². The van der Waals surface area contributed by atoms with Crippen LogP contribution in [0.25, 0.3) is 5.69 Å². The van der Waals surface area contributed by atoms with E-state index in [-0.39, 0.29) is 22.7 Å². The van der Waals surface area contributed by atoms with Crippen molar-refractivity contribution in [3.05, 3.63) is 72.3 Å². The lowest BCUT2D eigenvalue weighted by Crippen LogP contribution is -2.15. The molecule has 7 heteroatoms. The molecule has 0 atom stereocenters. The van der Waals surface area contributed by atoms with Gasteiger partial charge in [0, 0.05) is 18.1 Å². The summed E-state index contributed by atoms with van der Waals surface area (Å²) >= 11 is 0. The monoisotopic (exact) mass is 329 g/mol. The summed E-state index contributed by atoms with van der Waals surface area (Å²) in [7, 11) is 1.34. The van der Waals surface area contributed by atoms with Crippen LogP contribution in [-0.4, -0.2) is 22.6 Å². The Hall–Kier alpha value is -3.22. The summed E-state index contributed by atoms with van der Waals surface area (Å²) in [6.07, 6.45) is 4.58. The number of carbonyl (C=O) groups is 1. The van der Waals surface area contributed by atoms with Gasteiger partial charge in [-0.15, -0.1) is 0 Å². The summed E-state index contributed by atoms with van der Waals surface area (Å²) < 4.78 is 34.6. The number of benzene rings is 2. The minimum absolute atomic E-state index is 0.100. The van der Waals surface area contributed by atoms with Crippen LogP contribution in [0.2, 0.25) is 0 Å². The first-order chi connectivity index (χ1) is 11.6. The van der Waals surface area contributed by atoms with E-state index in [9.17, 15) is 13.6 Å². The van der Waals surface area contributed by atoms with Crippen LogP contribution in [-0.2, 0) is 0 Å². The first-order valence-corrected chi connectivity index (χ1v) is 7.02. The van der Waals surface area contributed by atoms with E-state index in [1.54, 1.807) is 6.20 Å². The zero-order valence-corrected chi connectivity index (χ0v) is 12.7. The SMILES string of the molecule is COc1cccc(F)c1C(=O)Nc1ccc(-n2ccnc2)c(F)c1. The molecule has 0 aliphatic rings. The van der Waals surface area contributed by atoms with E-state index in [4.69, 9.17) is 4.74 Å². The van der Waals surface area contributed by atoms with Crippen LogP contribution >= 0.6 is 0 Å². The van der Waals surface area contributed by atoms with Gasteiger partial charge in [0.2, 0.25) is 0 Å². The number of ether oxygens (including phenoxy) is 1. The normalized spacial score (nSPS) is 10.5. The highest BCUT2D eigenvalue weighted by molar-refractivity contribution is 6.06. The van der Waals surface area contributed by atoms with Gasteiger partial charge >= 0.3 is 0 Å². The van der Waals surface area contributed by atoms with Crippen LogP contribution in [0, 0.1) is 11.6 Å². The molecule has 2 aromatic carbocycles. The zero-order valence-electron chi connectivity index (χ0n) is 12.7. The van der Waals surface area contributed by atoms with E-state index >= 15 is 0 Å². The highest BCUT2D eigenvalue weighted by atomic mass is 19.1.